The highest BCUT2D eigenvalue weighted by atomic mass is 35.5. The zero-order chi connectivity index (χ0) is 18.6. The fourth-order valence-corrected chi connectivity index (χ4v) is 3.75. The van der Waals surface area contributed by atoms with E-state index in [1.807, 2.05) is 24.3 Å². The Bertz CT molecular complexity index is 874. The lowest BCUT2D eigenvalue weighted by Crippen LogP contribution is -2.28. The monoisotopic (exact) mass is 458 g/mol. The predicted molar refractivity (Wildman–Crippen MR) is 124 cm³/mol. The summed E-state index contributed by atoms with van der Waals surface area (Å²) in [6.45, 7) is 2.08. The number of pyridine rings is 1. The van der Waals surface area contributed by atoms with E-state index in [-0.39, 0.29) is 36.3 Å². The SMILES string of the molecule is CC1(c2cccc(/C=C/C(=O)Nc3ccc(Cl)cn3)c2)CCSC(N)=N1.Cl.Cl. The number of aliphatic imine (C=N–C) groups is 1. The van der Waals surface area contributed by atoms with Gasteiger partial charge in [-0.3, -0.25) is 9.79 Å². The number of hydrogen-bond acceptors (Lipinski definition) is 5. The van der Waals surface area contributed by atoms with Crippen LogP contribution in [-0.4, -0.2) is 21.8 Å². The van der Waals surface area contributed by atoms with Gasteiger partial charge in [-0.15, -0.1) is 24.8 Å². The van der Waals surface area contributed by atoms with Crippen molar-refractivity contribution in [2.24, 2.45) is 10.7 Å². The molecule has 28 heavy (non-hydrogen) atoms. The fourth-order valence-electron chi connectivity index (χ4n) is 2.66. The standard InChI is InChI=1S/C19H19ClN4OS.2ClH/c1-19(9-10-26-18(21)24-19)14-4-2-3-13(11-14)5-8-17(25)23-16-7-6-15(20)12-22-16;;/h2-8,11-12H,9-10H2,1H3,(H2,21,24)(H,22,23,25);2*1H/b8-5+;;. The molecule has 2 aromatic rings. The molecule has 0 spiro atoms. The molecule has 1 unspecified atom stereocenters. The number of rotatable bonds is 4. The van der Waals surface area contributed by atoms with Gasteiger partial charge in [0.1, 0.15) is 5.82 Å². The summed E-state index contributed by atoms with van der Waals surface area (Å²) in [6.07, 6.45) is 5.66. The Hall–Kier alpha value is -1.73. The lowest BCUT2D eigenvalue weighted by Gasteiger charge is -2.29. The second-order valence-corrected chi connectivity index (χ2v) is 7.68. The number of aromatic nitrogens is 1. The van der Waals surface area contributed by atoms with Crippen molar-refractivity contribution in [1.82, 2.24) is 4.98 Å². The van der Waals surface area contributed by atoms with Crippen LogP contribution in [0.2, 0.25) is 5.02 Å². The first kappa shape index (κ1) is 24.3. The van der Waals surface area contributed by atoms with Gasteiger partial charge in [0.2, 0.25) is 5.91 Å². The Balaban J connectivity index is 0.00000196. The maximum Gasteiger partial charge on any atom is 0.249 e. The van der Waals surface area contributed by atoms with Crippen LogP contribution in [0, 0.1) is 0 Å². The van der Waals surface area contributed by atoms with Crippen LogP contribution in [0.3, 0.4) is 0 Å². The number of benzene rings is 1. The lowest BCUT2D eigenvalue weighted by atomic mass is 9.89. The Kier molecular flexibility index (Phi) is 9.30. The van der Waals surface area contributed by atoms with E-state index in [2.05, 4.69) is 22.2 Å². The van der Waals surface area contributed by atoms with Gasteiger partial charge in [-0.05, 0) is 48.7 Å². The van der Waals surface area contributed by atoms with Gasteiger partial charge < -0.3 is 11.1 Å². The van der Waals surface area contributed by atoms with Crippen LogP contribution < -0.4 is 11.1 Å². The summed E-state index contributed by atoms with van der Waals surface area (Å²) in [5.74, 6) is 1.14. The lowest BCUT2D eigenvalue weighted by molar-refractivity contribution is -0.111. The average molecular weight is 460 g/mol. The van der Waals surface area contributed by atoms with Crippen LogP contribution in [0.15, 0.2) is 53.7 Å². The molecule has 1 aliphatic heterocycles. The van der Waals surface area contributed by atoms with Crippen molar-refractivity contribution in [2.45, 2.75) is 18.9 Å². The van der Waals surface area contributed by atoms with Crippen molar-refractivity contribution in [2.75, 3.05) is 11.1 Å². The van der Waals surface area contributed by atoms with E-state index < -0.39 is 0 Å². The molecule has 1 amide bonds. The van der Waals surface area contributed by atoms with Crippen molar-refractivity contribution < 1.29 is 4.79 Å². The third kappa shape index (κ3) is 6.41. The maximum atomic E-state index is 12.1. The van der Waals surface area contributed by atoms with Gasteiger partial charge in [-0.25, -0.2) is 4.98 Å². The van der Waals surface area contributed by atoms with Gasteiger partial charge in [-0.2, -0.15) is 0 Å². The van der Waals surface area contributed by atoms with E-state index in [0.717, 1.165) is 23.3 Å². The number of carbonyl (C=O) groups excluding carboxylic acids is 1. The van der Waals surface area contributed by atoms with Crippen LogP contribution in [0.1, 0.15) is 24.5 Å². The Morgan fingerprint density at radius 1 is 1.32 bits per heavy atom. The van der Waals surface area contributed by atoms with Crippen molar-refractivity contribution >= 4 is 71.1 Å². The first-order chi connectivity index (χ1) is 12.4. The number of amides is 1. The minimum absolute atomic E-state index is 0. The van der Waals surface area contributed by atoms with E-state index in [9.17, 15) is 4.79 Å². The highest BCUT2D eigenvalue weighted by molar-refractivity contribution is 8.13. The summed E-state index contributed by atoms with van der Waals surface area (Å²) in [5, 5.41) is 3.84. The number of carbonyl (C=O) groups is 1. The van der Waals surface area contributed by atoms with Gasteiger partial charge in [0, 0.05) is 18.0 Å². The van der Waals surface area contributed by atoms with Crippen LogP contribution >= 0.6 is 48.2 Å². The molecule has 0 fully saturated rings. The normalized spacial score (nSPS) is 18.6. The molecule has 1 aromatic heterocycles. The number of nitrogens with zero attached hydrogens (tertiary/aromatic N) is 2. The number of thioether (sulfide) groups is 1. The second-order valence-electron chi connectivity index (χ2n) is 6.13. The summed E-state index contributed by atoms with van der Waals surface area (Å²) >= 11 is 7.36. The molecule has 0 radical (unpaired) electrons. The zero-order valence-corrected chi connectivity index (χ0v) is 18.3. The van der Waals surface area contributed by atoms with Crippen molar-refractivity contribution in [3.63, 3.8) is 0 Å². The third-order valence-corrected chi connectivity index (χ3v) is 5.13. The van der Waals surface area contributed by atoms with Crippen LogP contribution in [0.25, 0.3) is 6.08 Å². The molecule has 1 aromatic carbocycles. The van der Waals surface area contributed by atoms with E-state index in [0.29, 0.717) is 16.0 Å². The summed E-state index contributed by atoms with van der Waals surface area (Å²) < 4.78 is 0. The summed E-state index contributed by atoms with van der Waals surface area (Å²) in [5.41, 5.74) is 7.59. The van der Waals surface area contributed by atoms with Crippen molar-refractivity contribution in [3.05, 3.63) is 64.8 Å². The Labute approximate surface area is 186 Å². The molecule has 3 N–H and O–H groups in total. The molecule has 0 aliphatic carbocycles. The van der Waals surface area contributed by atoms with E-state index >= 15 is 0 Å². The number of nitrogens with two attached hydrogens (primary N) is 1. The first-order valence-electron chi connectivity index (χ1n) is 8.14. The van der Waals surface area contributed by atoms with Gasteiger partial charge in [0.15, 0.2) is 5.17 Å². The molecule has 5 nitrogen and oxygen atoms in total. The minimum atomic E-state index is -0.325. The molecule has 9 heteroatoms. The third-order valence-electron chi connectivity index (χ3n) is 4.11. The van der Waals surface area contributed by atoms with Crippen LogP contribution in [0.4, 0.5) is 5.82 Å². The minimum Gasteiger partial charge on any atom is -0.379 e. The van der Waals surface area contributed by atoms with Crippen LogP contribution in [-0.2, 0) is 10.3 Å². The molecule has 2 heterocycles. The number of amidine groups is 1. The predicted octanol–water partition coefficient (Wildman–Crippen LogP) is 4.90. The number of nitrogens with one attached hydrogen (secondary N) is 1. The van der Waals surface area contributed by atoms with E-state index in [4.69, 9.17) is 17.3 Å². The summed E-state index contributed by atoms with van der Waals surface area (Å²) in [7, 11) is 0. The maximum absolute atomic E-state index is 12.1. The second kappa shape index (κ2) is 10.7. The van der Waals surface area contributed by atoms with Crippen LogP contribution in [0.5, 0.6) is 0 Å². The number of anilines is 1. The highest BCUT2D eigenvalue weighted by Gasteiger charge is 2.29. The van der Waals surface area contributed by atoms with Crippen molar-refractivity contribution in [1.29, 1.82) is 0 Å². The molecule has 1 aliphatic rings. The first-order valence-corrected chi connectivity index (χ1v) is 9.50. The Morgan fingerprint density at radius 2 is 2.11 bits per heavy atom. The van der Waals surface area contributed by atoms with Crippen molar-refractivity contribution in [3.8, 4) is 0 Å². The zero-order valence-electron chi connectivity index (χ0n) is 15.1. The Morgan fingerprint density at radius 3 is 2.79 bits per heavy atom. The fraction of sp³-hybridized carbons (Fsp3) is 0.211. The molecular weight excluding hydrogens is 439 g/mol. The van der Waals surface area contributed by atoms with Gasteiger partial charge >= 0.3 is 0 Å². The molecular formula is C19H21Cl3N4OS. The van der Waals surface area contributed by atoms with E-state index in [1.165, 1.54) is 12.3 Å². The van der Waals surface area contributed by atoms with Gasteiger partial charge in [0.05, 0.1) is 10.6 Å². The topological polar surface area (TPSA) is 80.4 Å². The summed E-state index contributed by atoms with van der Waals surface area (Å²) in [4.78, 5) is 20.7. The smallest absolute Gasteiger partial charge is 0.249 e. The van der Waals surface area contributed by atoms with E-state index in [1.54, 1.807) is 30.0 Å². The largest absolute Gasteiger partial charge is 0.379 e. The van der Waals surface area contributed by atoms with Gasteiger partial charge in [-0.1, -0.05) is 41.6 Å². The number of hydrogen-bond donors (Lipinski definition) is 2. The molecule has 3 rings (SSSR count). The molecule has 0 saturated heterocycles. The molecule has 0 saturated carbocycles. The summed E-state index contributed by atoms with van der Waals surface area (Å²) in [6, 6.07) is 11.3. The molecule has 0 bridgehead atoms. The highest BCUT2D eigenvalue weighted by Crippen LogP contribution is 2.35. The molecule has 1 atom stereocenters. The quantitative estimate of drug-likeness (QED) is 0.637. The molecule has 150 valence electrons. The number of halogens is 3. The average Bonchev–Trinajstić information content (AvgIpc) is 2.62. The van der Waals surface area contributed by atoms with Gasteiger partial charge in [0.25, 0.3) is 0 Å².